The lowest BCUT2D eigenvalue weighted by molar-refractivity contribution is -0.116. The Morgan fingerprint density at radius 2 is 1.69 bits per heavy atom. The van der Waals surface area contributed by atoms with Crippen molar-refractivity contribution in [2.24, 2.45) is 0 Å². The van der Waals surface area contributed by atoms with Gasteiger partial charge in [0.15, 0.2) is 0 Å². The molecule has 0 aliphatic heterocycles. The number of carbonyl (C=O) groups is 2. The van der Waals surface area contributed by atoms with Crippen LogP contribution in [-0.2, 0) is 16.0 Å². The van der Waals surface area contributed by atoms with E-state index in [1.807, 2.05) is 43.3 Å². The van der Waals surface area contributed by atoms with Crippen molar-refractivity contribution in [3.05, 3.63) is 82.3 Å². The maximum atomic E-state index is 12.7. The fourth-order valence-electron chi connectivity index (χ4n) is 2.91. The normalized spacial score (nSPS) is 11.5. The number of thioether (sulfide) groups is 1. The zero-order valence-corrected chi connectivity index (χ0v) is 19.9. The van der Waals surface area contributed by atoms with E-state index in [0.29, 0.717) is 27.2 Å². The average molecular weight is 489 g/mol. The molecule has 0 saturated heterocycles. The third kappa shape index (κ3) is 6.92. The highest BCUT2D eigenvalue weighted by atomic mass is 35.5. The first-order valence-electron chi connectivity index (χ1n) is 9.79. The van der Waals surface area contributed by atoms with Crippen LogP contribution >= 0.6 is 35.0 Å². The second kappa shape index (κ2) is 11.3. The molecule has 1 unspecified atom stereocenters. The van der Waals surface area contributed by atoms with Crippen molar-refractivity contribution in [3.8, 4) is 5.75 Å². The summed E-state index contributed by atoms with van der Waals surface area (Å²) in [5, 5.41) is 6.49. The van der Waals surface area contributed by atoms with Gasteiger partial charge in [-0.1, -0.05) is 41.4 Å². The zero-order valence-electron chi connectivity index (χ0n) is 17.5. The van der Waals surface area contributed by atoms with Crippen molar-refractivity contribution in [2.45, 2.75) is 23.5 Å². The predicted molar refractivity (Wildman–Crippen MR) is 132 cm³/mol. The first-order chi connectivity index (χ1) is 15.3. The van der Waals surface area contributed by atoms with Crippen molar-refractivity contribution in [2.75, 3.05) is 17.7 Å². The van der Waals surface area contributed by atoms with E-state index in [-0.39, 0.29) is 18.2 Å². The SMILES string of the molecule is COc1ccc(Cl)cc1NC(=O)C(C)Sc1cccc(NC(=O)Cc2ccc(Cl)cc2)c1. The minimum Gasteiger partial charge on any atom is -0.495 e. The molecule has 3 aromatic carbocycles. The van der Waals surface area contributed by atoms with Gasteiger partial charge in [-0.15, -0.1) is 11.8 Å². The summed E-state index contributed by atoms with van der Waals surface area (Å²) in [4.78, 5) is 25.9. The number of rotatable bonds is 8. The molecule has 2 amide bonds. The van der Waals surface area contributed by atoms with Gasteiger partial charge in [-0.25, -0.2) is 0 Å². The first kappa shape index (κ1) is 24.0. The molecule has 3 rings (SSSR count). The number of carbonyl (C=O) groups excluding carboxylic acids is 2. The molecule has 8 heteroatoms. The Kier molecular flexibility index (Phi) is 8.45. The highest BCUT2D eigenvalue weighted by Gasteiger charge is 2.17. The fraction of sp³-hybridized carbons (Fsp3) is 0.167. The molecule has 0 aliphatic rings. The minimum atomic E-state index is -0.390. The molecule has 0 saturated carbocycles. The van der Waals surface area contributed by atoms with Crippen LogP contribution in [0.1, 0.15) is 12.5 Å². The molecule has 0 heterocycles. The van der Waals surface area contributed by atoms with Crippen LogP contribution in [0, 0.1) is 0 Å². The summed E-state index contributed by atoms with van der Waals surface area (Å²) < 4.78 is 5.27. The molecule has 0 aliphatic carbocycles. The molecule has 0 aromatic heterocycles. The molecule has 32 heavy (non-hydrogen) atoms. The van der Waals surface area contributed by atoms with Gasteiger partial charge in [0.2, 0.25) is 11.8 Å². The lowest BCUT2D eigenvalue weighted by atomic mass is 10.1. The summed E-state index contributed by atoms with van der Waals surface area (Å²) in [7, 11) is 1.53. The van der Waals surface area contributed by atoms with E-state index in [2.05, 4.69) is 10.6 Å². The lowest BCUT2D eigenvalue weighted by Gasteiger charge is -2.15. The van der Waals surface area contributed by atoms with Crippen LogP contribution in [0.4, 0.5) is 11.4 Å². The van der Waals surface area contributed by atoms with Gasteiger partial charge in [-0.05, 0) is 61.0 Å². The number of methoxy groups -OCH3 is 1. The van der Waals surface area contributed by atoms with Crippen LogP contribution in [0.5, 0.6) is 5.75 Å². The van der Waals surface area contributed by atoms with Gasteiger partial charge in [0, 0.05) is 20.6 Å². The molecule has 0 radical (unpaired) electrons. The standard InChI is InChI=1S/C24H22Cl2N2O3S/c1-15(24(30)28-21-13-18(26)10-11-22(21)31-2)32-20-5-3-4-19(14-20)27-23(29)12-16-6-8-17(25)9-7-16/h3-11,13-15H,12H2,1-2H3,(H,27,29)(H,28,30). The van der Waals surface area contributed by atoms with Crippen LogP contribution in [0.15, 0.2) is 71.6 Å². The van der Waals surface area contributed by atoms with Gasteiger partial charge in [0.05, 0.1) is 24.5 Å². The third-order valence-electron chi connectivity index (χ3n) is 4.50. The summed E-state index contributed by atoms with van der Waals surface area (Å²) in [6.45, 7) is 1.81. The lowest BCUT2D eigenvalue weighted by Crippen LogP contribution is -2.22. The van der Waals surface area contributed by atoms with Crippen molar-refractivity contribution < 1.29 is 14.3 Å². The van der Waals surface area contributed by atoms with Crippen LogP contribution in [0.3, 0.4) is 0 Å². The zero-order chi connectivity index (χ0) is 23.1. The Hall–Kier alpha value is -2.67. The van der Waals surface area contributed by atoms with Crippen molar-refractivity contribution in [3.63, 3.8) is 0 Å². The van der Waals surface area contributed by atoms with E-state index in [4.69, 9.17) is 27.9 Å². The second-order valence-electron chi connectivity index (χ2n) is 6.97. The van der Waals surface area contributed by atoms with Gasteiger partial charge in [-0.2, -0.15) is 0 Å². The van der Waals surface area contributed by atoms with E-state index in [0.717, 1.165) is 10.5 Å². The molecular formula is C24H22Cl2N2O3S. The summed E-state index contributed by atoms with van der Waals surface area (Å²) in [5.41, 5.74) is 2.05. The molecule has 0 spiro atoms. The molecule has 1 atom stereocenters. The van der Waals surface area contributed by atoms with Gasteiger partial charge >= 0.3 is 0 Å². The van der Waals surface area contributed by atoms with Crippen LogP contribution in [-0.4, -0.2) is 24.2 Å². The van der Waals surface area contributed by atoms with Crippen molar-refractivity contribution >= 4 is 58.2 Å². The maximum absolute atomic E-state index is 12.7. The third-order valence-corrected chi connectivity index (χ3v) is 6.08. The van der Waals surface area contributed by atoms with E-state index in [1.54, 1.807) is 30.3 Å². The molecule has 0 bridgehead atoms. The number of hydrogen-bond acceptors (Lipinski definition) is 4. The number of ether oxygens (including phenoxy) is 1. The Morgan fingerprint density at radius 3 is 2.41 bits per heavy atom. The monoisotopic (exact) mass is 488 g/mol. The highest BCUT2D eigenvalue weighted by Crippen LogP contribution is 2.30. The maximum Gasteiger partial charge on any atom is 0.237 e. The minimum absolute atomic E-state index is 0.131. The van der Waals surface area contributed by atoms with E-state index in [9.17, 15) is 9.59 Å². The Labute approximate surface area is 201 Å². The number of amides is 2. The quantitative estimate of drug-likeness (QED) is 0.365. The fourth-order valence-corrected chi connectivity index (χ4v) is 4.13. The van der Waals surface area contributed by atoms with E-state index in [1.165, 1.54) is 18.9 Å². The number of nitrogens with one attached hydrogen (secondary N) is 2. The summed E-state index contributed by atoms with van der Waals surface area (Å²) in [6.07, 6.45) is 0.245. The topological polar surface area (TPSA) is 67.4 Å². The summed E-state index contributed by atoms with van der Waals surface area (Å²) in [5.74, 6) is 0.214. The molecule has 3 aromatic rings. The Balaban J connectivity index is 1.60. The summed E-state index contributed by atoms with van der Waals surface area (Å²) >= 11 is 13.3. The smallest absolute Gasteiger partial charge is 0.237 e. The Morgan fingerprint density at radius 1 is 0.969 bits per heavy atom. The summed E-state index contributed by atoms with van der Waals surface area (Å²) in [6, 6.07) is 19.6. The van der Waals surface area contributed by atoms with Gasteiger partial charge < -0.3 is 15.4 Å². The van der Waals surface area contributed by atoms with E-state index >= 15 is 0 Å². The Bertz CT molecular complexity index is 1110. The number of benzene rings is 3. The second-order valence-corrected chi connectivity index (χ2v) is 9.26. The van der Waals surface area contributed by atoms with Crippen molar-refractivity contribution in [1.29, 1.82) is 0 Å². The molecular weight excluding hydrogens is 467 g/mol. The number of hydrogen-bond donors (Lipinski definition) is 2. The number of anilines is 2. The van der Waals surface area contributed by atoms with E-state index < -0.39 is 5.25 Å². The van der Waals surface area contributed by atoms with Gasteiger partial charge in [0.25, 0.3) is 0 Å². The van der Waals surface area contributed by atoms with Gasteiger partial charge in [-0.3, -0.25) is 9.59 Å². The molecule has 166 valence electrons. The predicted octanol–water partition coefficient (Wildman–Crippen LogP) is 6.30. The highest BCUT2D eigenvalue weighted by molar-refractivity contribution is 8.00. The van der Waals surface area contributed by atoms with Gasteiger partial charge in [0.1, 0.15) is 5.75 Å². The largest absolute Gasteiger partial charge is 0.495 e. The molecule has 0 fully saturated rings. The van der Waals surface area contributed by atoms with Crippen molar-refractivity contribution in [1.82, 2.24) is 0 Å². The number of halogens is 2. The van der Waals surface area contributed by atoms with Crippen LogP contribution in [0.25, 0.3) is 0 Å². The van der Waals surface area contributed by atoms with Crippen LogP contribution < -0.4 is 15.4 Å². The molecule has 2 N–H and O–H groups in total. The molecule has 5 nitrogen and oxygen atoms in total. The average Bonchev–Trinajstić information content (AvgIpc) is 2.75. The first-order valence-corrected chi connectivity index (χ1v) is 11.4. The van der Waals surface area contributed by atoms with Crippen LogP contribution in [0.2, 0.25) is 10.0 Å².